The van der Waals surface area contributed by atoms with Crippen LogP contribution in [0, 0.1) is 0 Å². The Morgan fingerprint density at radius 3 is 2.55 bits per heavy atom. The predicted molar refractivity (Wildman–Crippen MR) is 82.5 cm³/mol. The highest BCUT2D eigenvalue weighted by Gasteiger charge is 2.42. The molecule has 1 saturated carbocycles. The first-order valence-corrected chi connectivity index (χ1v) is 7.60. The van der Waals surface area contributed by atoms with Crippen LogP contribution in [0.1, 0.15) is 48.0 Å². The van der Waals surface area contributed by atoms with Gasteiger partial charge in [0.05, 0.1) is 13.7 Å². The van der Waals surface area contributed by atoms with E-state index in [2.05, 4.69) is 5.32 Å². The zero-order valence-corrected chi connectivity index (χ0v) is 13.2. The molecule has 1 aromatic rings. The van der Waals surface area contributed by atoms with Gasteiger partial charge in [-0.3, -0.25) is 4.79 Å². The van der Waals surface area contributed by atoms with Gasteiger partial charge in [0.15, 0.2) is 0 Å². The molecule has 1 aliphatic rings. The molecular formula is C17H23NO4. The topological polar surface area (TPSA) is 64.6 Å². The van der Waals surface area contributed by atoms with Crippen molar-refractivity contribution in [2.75, 3.05) is 14.2 Å². The molecule has 120 valence electrons. The molecule has 1 aliphatic carbocycles. The molecule has 0 aliphatic heterocycles. The van der Waals surface area contributed by atoms with Gasteiger partial charge in [0, 0.05) is 12.7 Å². The standard InChI is InChI=1S/C17H23NO4/c1-21-12-13-7-6-8-14(11-13)15(19)18-17(16(20)22-2)9-4-3-5-10-17/h6-8,11H,3-5,9-10,12H2,1-2H3,(H,18,19). The average molecular weight is 305 g/mol. The van der Waals surface area contributed by atoms with Crippen molar-refractivity contribution in [3.8, 4) is 0 Å². The third-order valence-electron chi connectivity index (χ3n) is 4.14. The van der Waals surface area contributed by atoms with E-state index in [-0.39, 0.29) is 11.9 Å². The van der Waals surface area contributed by atoms with Crippen LogP contribution in [0.2, 0.25) is 0 Å². The number of amides is 1. The number of esters is 1. The maximum Gasteiger partial charge on any atom is 0.331 e. The summed E-state index contributed by atoms with van der Waals surface area (Å²) in [6.45, 7) is 0.448. The molecule has 0 heterocycles. The third-order valence-corrected chi connectivity index (χ3v) is 4.14. The molecule has 0 unspecified atom stereocenters. The van der Waals surface area contributed by atoms with E-state index in [1.54, 1.807) is 19.2 Å². The Kier molecular flexibility index (Phi) is 5.55. The summed E-state index contributed by atoms with van der Waals surface area (Å²) in [6.07, 6.45) is 4.17. The van der Waals surface area contributed by atoms with Gasteiger partial charge in [-0.1, -0.05) is 31.4 Å². The Balaban J connectivity index is 2.17. The third kappa shape index (κ3) is 3.65. The van der Waals surface area contributed by atoms with Gasteiger partial charge < -0.3 is 14.8 Å². The minimum absolute atomic E-state index is 0.245. The highest BCUT2D eigenvalue weighted by Crippen LogP contribution is 2.29. The smallest absolute Gasteiger partial charge is 0.331 e. The Bertz CT molecular complexity index is 535. The Hall–Kier alpha value is -1.88. The fourth-order valence-electron chi connectivity index (χ4n) is 2.99. The summed E-state index contributed by atoms with van der Waals surface area (Å²) in [4.78, 5) is 24.7. The summed E-state index contributed by atoms with van der Waals surface area (Å²) in [6, 6.07) is 7.24. The molecule has 1 amide bonds. The summed E-state index contributed by atoms with van der Waals surface area (Å²) in [5, 5.41) is 2.91. The monoisotopic (exact) mass is 305 g/mol. The van der Waals surface area contributed by atoms with Crippen LogP contribution in [0.15, 0.2) is 24.3 Å². The SMILES string of the molecule is COCc1cccc(C(=O)NC2(C(=O)OC)CCCCC2)c1. The van der Waals surface area contributed by atoms with Gasteiger partial charge in [0.25, 0.3) is 5.91 Å². The van der Waals surface area contributed by atoms with Crippen molar-refractivity contribution >= 4 is 11.9 Å². The molecule has 0 saturated heterocycles. The molecular weight excluding hydrogens is 282 g/mol. The molecule has 1 N–H and O–H groups in total. The number of carbonyl (C=O) groups is 2. The average Bonchev–Trinajstić information content (AvgIpc) is 2.55. The summed E-state index contributed by atoms with van der Waals surface area (Å²) in [5.74, 6) is -0.598. The van der Waals surface area contributed by atoms with E-state index in [1.807, 2.05) is 12.1 Å². The zero-order valence-electron chi connectivity index (χ0n) is 13.2. The summed E-state index contributed by atoms with van der Waals surface area (Å²) >= 11 is 0. The van der Waals surface area contributed by atoms with E-state index in [1.165, 1.54) is 7.11 Å². The summed E-state index contributed by atoms with van der Waals surface area (Å²) in [7, 11) is 2.98. The molecule has 1 fully saturated rings. The number of rotatable bonds is 5. The van der Waals surface area contributed by atoms with Crippen molar-refractivity contribution in [3.05, 3.63) is 35.4 Å². The second kappa shape index (κ2) is 7.40. The van der Waals surface area contributed by atoms with Gasteiger partial charge >= 0.3 is 5.97 Å². The van der Waals surface area contributed by atoms with Crippen molar-refractivity contribution in [1.82, 2.24) is 5.32 Å². The lowest BCUT2D eigenvalue weighted by Crippen LogP contribution is -2.56. The van der Waals surface area contributed by atoms with Gasteiger partial charge in [-0.15, -0.1) is 0 Å². The second-order valence-corrected chi connectivity index (χ2v) is 5.72. The molecule has 22 heavy (non-hydrogen) atoms. The first-order valence-electron chi connectivity index (χ1n) is 7.60. The predicted octanol–water partition coefficient (Wildman–Crippen LogP) is 2.44. The molecule has 5 heteroatoms. The Morgan fingerprint density at radius 1 is 1.18 bits per heavy atom. The summed E-state index contributed by atoms with van der Waals surface area (Å²) in [5.41, 5.74) is 0.566. The van der Waals surface area contributed by atoms with E-state index >= 15 is 0 Å². The minimum atomic E-state index is -0.888. The first kappa shape index (κ1) is 16.5. The van der Waals surface area contributed by atoms with Crippen molar-refractivity contribution in [2.45, 2.75) is 44.2 Å². The molecule has 1 aromatic carbocycles. The van der Waals surface area contributed by atoms with Crippen molar-refractivity contribution in [2.24, 2.45) is 0 Å². The van der Waals surface area contributed by atoms with Crippen LogP contribution >= 0.6 is 0 Å². The van der Waals surface area contributed by atoms with Gasteiger partial charge in [-0.05, 0) is 30.5 Å². The Labute approximate surface area is 131 Å². The zero-order chi connectivity index (χ0) is 16.0. The van der Waals surface area contributed by atoms with Crippen molar-refractivity contribution in [3.63, 3.8) is 0 Å². The van der Waals surface area contributed by atoms with Crippen LogP contribution < -0.4 is 5.32 Å². The van der Waals surface area contributed by atoms with Crippen LogP contribution in [0.4, 0.5) is 0 Å². The largest absolute Gasteiger partial charge is 0.467 e. The van der Waals surface area contributed by atoms with Crippen LogP contribution in [-0.4, -0.2) is 31.6 Å². The van der Waals surface area contributed by atoms with Crippen LogP contribution in [0.5, 0.6) is 0 Å². The maximum absolute atomic E-state index is 12.5. The second-order valence-electron chi connectivity index (χ2n) is 5.72. The first-order chi connectivity index (χ1) is 10.6. The number of hydrogen-bond acceptors (Lipinski definition) is 4. The summed E-state index contributed by atoms with van der Waals surface area (Å²) < 4.78 is 10.0. The molecule has 0 spiro atoms. The fraction of sp³-hybridized carbons (Fsp3) is 0.529. The number of carbonyl (C=O) groups excluding carboxylic acids is 2. The molecule has 5 nitrogen and oxygen atoms in total. The van der Waals surface area contributed by atoms with Crippen molar-refractivity contribution in [1.29, 1.82) is 0 Å². The van der Waals surface area contributed by atoms with Crippen molar-refractivity contribution < 1.29 is 19.1 Å². The molecule has 0 radical (unpaired) electrons. The molecule has 0 atom stereocenters. The molecule has 0 aromatic heterocycles. The van der Waals surface area contributed by atoms with E-state index < -0.39 is 5.54 Å². The lowest BCUT2D eigenvalue weighted by molar-refractivity contribution is -0.149. The highest BCUT2D eigenvalue weighted by molar-refractivity contribution is 5.98. The van der Waals surface area contributed by atoms with E-state index in [9.17, 15) is 9.59 Å². The Morgan fingerprint density at radius 2 is 1.91 bits per heavy atom. The quantitative estimate of drug-likeness (QED) is 0.849. The number of methoxy groups -OCH3 is 2. The van der Waals surface area contributed by atoms with E-state index in [0.29, 0.717) is 25.0 Å². The number of ether oxygens (including phenoxy) is 2. The lowest BCUT2D eigenvalue weighted by Gasteiger charge is -2.35. The van der Waals surface area contributed by atoms with Gasteiger partial charge in [-0.2, -0.15) is 0 Å². The highest BCUT2D eigenvalue weighted by atomic mass is 16.5. The number of nitrogens with one attached hydrogen (secondary N) is 1. The number of benzene rings is 1. The van der Waals surface area contributed by atoms with E-state index in [4.69, 9.17) is 9.47 Å². The van der Waals surface area contributed by atoms with Gasteiger partial charge in [0.1, 0.15) is 5.54 Å². The minimum Gasteiger partial charge on any atom is -0.467 e. The van der Waals surface area contributed by atoms with Crippen LogP contribution in [-0.2, 0) is 20.9 Å². The van der Waals surface area contributed by atoms with Crippen LogP contribution in [0.3, 0.4) is 0 Å². The molecule has 0 bridgehead atoms. The van der Waals surface area contributed by atoms with E-state index in [0.717, 1.165) is 24.8 Å². The number of hydrogen-bond donors (Lipinski definition) is 1. The normalized spacial score (nSPS) is 16.8. The van der Waals surface area contributed by atoms with Crippen LogP contribution in [0.25, 0.3) is 0 Å². The maximum atomic E-state index is 12.5. The van der Waals surface area contributed by atoms with Gasteiger partial charge in [-0.25, -0.2) is 4.79 Å². The van der Waals surface area contributed by atoms with Gasteiger partial charge in [0.2, 0.25) is 0 Å². The fourth-order valence-corrected chi connectivity index (χ4v) is 2.99. The lowest BCUT2D eigenvalue weighted by atomic mass is 9.81. The molecule has 2 rings (SSSR count).